The van der Waals surface area contributed by atoms with Crippen molar-refractivity contribution in [1.82, 2.24) is 9.80 Å². The summed E-state index contributed by atoms with van der Waals surface area (Å²) in [6.07, 6.45) is 0.876. The third-order valence-corrected chi connectivity index (χ3v) is 4.37. The first-order valence-electron chi connectivity index (χ1n) is 7.77. The molecule has 0 aromatic heterocycles. The second-order valence-corrected chi connectivity index (χ2v) is 6.02. The average molecular weight is 308 g/mol. The van der Waals surface area contributed by atoms with Crippen LogP contribution in [0.2, 0.25) is 0 Å². The van der Waals surface area contributed by atoms with Crippen LogP contribution in [0, 0.1) is 0 Å². The Morgan fingerprint density at radius 2 is 1.43 bits per heavy atom. The van der Waals surface area contributed by atoms with Crippen LogP contribution in [0.4, 0.5) is 0 Å². The van der Waals surface area contributed by atoms with Gasteiger partial charge in [0.2, 0.25) is 0 Å². The van der Waals surface area contributed by atoms with Crippen LogP contribution in [-0.2, 0) is 6.42 Å². The predicted molar refractivity (Wildman–Crippen MR) is 89.2 cm³/mol. The number of benzene rings is 2. The third kappa shape index (κ3) is 3.03. The number of nitrogens with zero attached hydrogens (tertiary/aromatic N) is 2. The first-order chi connectivity index (χ1) is 11.1. The molecule has 0 radical (unpaired) electrons. The normalized spacial score (nSPS) is 15.2. The standard InChI is InChI=1S/C19H20N2O2/c1-14(12-15-8-4-3-5-9-15)20(2)13-21-18(22)16-10-6-7-11-17(16)19(21)23/h3-11,14H,12-13H2,1-2H3/t14-/m0/s1. The second-order valence-electron chi connectivity index (χ2n) is 6.02. The zero-order valence-electron chi connectivity index (χ0n) is 13.4. The van der Waals surface area contributed by atoms with E-state index in [0.29, 0.717) is 17.8 Å². The molecule has 2 aromatic rings. The van der Waals surface area contributed by atoms with E-state index >= 15 is 0 Å². The number of likely N-dealkylation sites (N-methyl/N-ethyl adjacent to an activating group) is 1. The summed E-state index contributed by atoms with van der Waals surface area (Å²) in [5.74, 6) is -0.409. The third-order valence-electron chi connectivity index (χ3n) is 4.37. The van der Waals surface area contributed by atoms with Crippen molar-refractivity contribution < 1.29 is 9.59 Å². The van der Waals surface area contributed by atoms with Crippen LogP contribution in [0.1, 0.15) is 33.2 Å². The van der Waals surface area contributed by atoms with Crippen molar-refractivity contribution in [1.29, 1.82) is 0 Å². The van der Waals surface area contributed by atoms with E-state index in [1.807, 2.05) is 30.1 Å². The summed E-state index contributed by atoms with van der Waals surface area (Å²) in [7, 11) is 1.94. The Bertz CT molecular complexity index is 692. The molecule has 2 amide bonds. The number of hydrogen-bond acceptors (Lipinski definition) is 3. The molecule has 118 valence electrons. The summed E-state index contributed by atoms with van der Waals surface area (Å²) in [5.41, 5.74) is 2.25. The van der Waals surface area contributed by atoms with Crippen molar-refractivity contribution in [3.63, 3.8) is 0 Å². The molecule has 0 N–H and O–H groups in total. The zero-order valence-corrected chi connectivity index (χ0v) is 13.4. The molecule has 1 heterocycles. The van der Waals surface area contributed by atoms with E-state index in [1.165, 1.54) is 10.5 Å². The maximum atomic E-state index is 12.4. The quantitative estimate of drug-likeness (QED) is 0.798. The van der Waals surface area contributed by atoms with Crippen molar-refractivity contribution in [2.45, 2.75) is 19.4 Å². The van der Waals surface area contributed by atoms with Crippen LogP contribution in [0.5, 0.6) is 0 Å². The van der Waals surface area contributed by atoms with Gasteiger partial charge in [-0.3, -0.25) is 19.4 Å². The van der Waals surface area contributed by atoms with E-state index in [2.05, 4.69) is 19.1 Å². The van der Waals surface area contributed by atoms with Gasteiger partial charge in [0, 0.05) is 6.04 Å². The highest BCUT2D eigenvalue weighted by atomic mass is 16.2. The van der Waals surface area contributed by atoms with Gasteiger partial charge in [0.15, 0.2) is 0 Å². The minimum atomic E-state index is -0.204. The van der Waals surface area contributed by atoms with E-state index in [0.717, 1.165) is 6.42 Å². The molecule has 0 saturated carbocycles. The number of amides is 2. The van der Waals surface area contributed by atoms with Gasteiger partial charge in [0.25, 0.3) is 11.8 Å². The van der Waals surface area contributed by atoms with E-state index in [-0.39, 0.29) is 17.9 Å². The predicted octanol–water partition coefficient (Wildman–Crippen LogP) is 2.80. The van der Waals surface area contributed by atoms with Crippen molar-refractivity contribution >= 4 is 11.8 Å². The summed E-state index contributed by atoms with van der Waals surface area (Å²) in [4.78, 5) is 28.2. The summed E-state index contributed by atoms with van der Waals surface area (Å²) >= 11 is 0. The SMILES string of the molecule is C[C@@H](Cc1ccccc1)N(C)CN1C(=O)c2ccccc2C1=O. The number of carbonyl (C=O) groups is 2. The van der Waals surface area contributed by atoms with Crippen LogP contribution < -0.4 is 0 Å². The first-order valence-corrected chi connectivity index (χ1v) is 7.77. The lowest BCUT2D eigenvalue weighted by atomic mass is 10.1. The lowest BCUT2D eigenvalue weighted by molar-refractivity contribution is 0.0533. The van der Waals surface area contributed by atoms with Gasteiger partial charge in [-0.15, -0.1) is 0 Å². The maximum Gasteiger partial charge on any atom is 0.262 e. The van der Waals surface area contributed by atoms with E-state index in [1.54, 1.807) is 24.3 Å². The number of rotatable bonds is 5. The Hall–Kier alpha value is -2.46. The molecule has 0 aliphatic carbocycles. The molecule has 1 aliphatic heterocycles. The van der Waals surface area contributed by atoms with Crippen LogP contribution in [0.3, 0.4) is 0 Å². The van der Waals surface area contributed by atoms with E-state index in [4.69, 9.17) is 0 Å². The van der Waals surface area contributed by atoms with Gasteiger partial charge in [-0.05, 0) is 38.1 Å². The Morgan fingerprint density at radius 1 is 0.913 bits per heavy atom. The number of hydrogen-bond donors (Lipinski definition) is 0. The molecular weight excluding hydrogens is 288 g/mol. The second kappa shape index (κ2) is 6.34. The zero-order chi connectivity index (χ0) is 16.4. The number of carbonyl (C=O) groups excluding carboxylic acids is 2. The number of imide groups is 1. The molecule has 0 fully saturated rings. The average Bonchev–Trinajstić information content (AvgIpc) is 2.81. The van der Waals surface area contributed by atoms with Crippen molar-refractivity contribution in [3.8, 4) is 0 Å². The van der Waals surface area contributed by atoms with Crippen LogP contribution in [-0.4, -0.2) is 41.4 Å². The summed E-state index contributed by atoms with van der Waals surface area (Å²) < 4.78 is 0. The van der Waals surface area contributed by atoms with Gasteiger partial charge in [-0.25, -0.2) is 0 Å². The highest BCUT2D eigenvalue weighted by molar-refractivity contribution is 6.21. The fourth-order valence-electron chi connectivity index (χ4n) is 2.84. The maximum absolute atomic E-state index is 12.4. The fourth-order valence-corrected chi connectivity index (χ4v) is 2.84. The molecule has 2 aromatic carbocycles. The van der Waals surface area contributed by atoms with Gasteiger partial charge < -0.3 is 0 Å². The fraction of sp³-hybridized carbons (Fsp3) is 0.263. The molecular formula is C19H20N2O2. The van der Waals surface area contributed by atoms with Gasteiger partial charge in [-0.2, -0.15) is 0 Å². The van der Waals surface area contributed by atoms with Crippen LogP contribution in [0.15, 0.2) is 54.6 Å². The summed E-state index contributed by atoms with van der Waals surface area (Å²) in [6.45, 7) is 2.41. The molecule has 23 heavy (non-hydrogen) atoms. The molecule has 0 bridgehead atoms. The molecule has 1 aliphatic rings. The van der Waals surface area contributed by atoms with Crippen molar-refractivity contribution in [3.05, 3.63) is 71.3 Å². The Labute approximate surface area is 136 Å². The molecule has 0 spiro atoms. The Morgan fingerprint density at radius 3 is 2.00 bits per heavy atom. The lowest BCUT2D eigenvalue weighted by Crippen LogP contribution is -2.43. The van der Waals surface area contributed by atoms with E-state index in [9.17, 15) is 9.59 Å². The van der Waals surface area contributed by atoms with Crippen molar-refractivity contribution in [2.75, 3.05) is 13.7 Å². The molecule has 4 nitrogen and oxygen atoms in total. The molecule has 0 saturated heterocycles. The first kappa shape index (κ1) is 15.4. The Kier molecular flexibility index (Phi) is 4.26. The van der Waals surface area contributed by atoms with Gasteiger partial charge in [-0.1, -0.05) is 42.5 Å². The molecule has 3 rings (SSSR count). The number of fused-ring (bicyclic) bond motifs is 1. The largest absolute Gasteiger partial charge is 0.286 e. The minimum absolute atomic E-state index is 0.204. The monoisotopic (exact) mass is 308 g/mol. The summed E-state index contributed by atoms with van der Waals surface area (Å²) in [6, 6.07) is 17.4. The highest BCUT2D eigenvalue weighted by Crippen LogP contribution is 2.22. The van der Waals surface area contributed by atoms with Crippen molar-refractivity contribution in [2.24, 2.45) is 0 Å². The van der Waals surface area contributed by atoms with Gasteiger partial charge >= 0.3 is 0 Å². The molecule has 0 unspecified atom stereocenters. The topological polar surface area (TPSA) is 40.6 Å². The highest BCUT2D eigenvalue weighted by Gasteiger charge is 2.35. The van der Waals surface area contributed by atoms with Gasteiger partial charge in [0.1, 0.15) is 0 Å². The van der Waals surface area contributed by atoms with Crippen LogP contribution in [0.25, 0.3) is 0 Å². The van der Waals surface area contributed by atoms with Crippen LogP contribution >= 0.6 is 0 Å². The molecule has 1 atom stereocenters. The smallest absolute Gasteiger partial charge is 0.262 e. The molecule has 4 heteroatoms. The minimum Gasteiger partial charge on any atom is -0.286 e. The van der Waals surface area contributed by atoms with E-state index < -0.39 is 0 Å². The summed E-state index contributed by atoms with van der Waals surface area (Å²) in [5, 5.41) is 0. The Balaban J connectivity index is 1.68. The lowest BCUT2D eigenvalue weighted by Gasteiger charge is -2.28. The van der Waals surface area contributed by atoms with Gasteiger partial charge in [0.05, 0.1) is 17.8 Å².